The first kappa shape index (κ1) is 19.9. The summed E-state index contributed by atoms with van der Waals surface area (Å²) in [5.74, 6) is 1.16. The molecule has 7 nitrogen and oxygen atoms in total. The summed E-state index contributed by atoms with van der Waals surface area (Å²) in [6.45, 7) is 0. The zero-order valence-corrected chi connectivity index (χ0v) is 12.4. The van der Waals surface area contributed by atoms with Gasteiger partial charge in [-0.25, -0.2) is 9.59 Å². The molecule has 0 heterocycles. The Labute approximate surface area is 141 Å². The fraction of sp³-hybridized carbons (Fsp3) is 0.500. The van der Waals surface area contributed by atoms with Gasteiger partial charge in [-0.05, 0) is 0 Å². The van der Waals surface area contributed by atoms with Crippen LogP contribution in [0.25, 0.3) is 0 Å². The van der Waals surface area contributed by atoms with Crippen LogP contribution in [-0.4, -0.2) is 39.5 Å². The van der Waals surface area contributed by atoms with E-state index in [2.05, 4.69) is 10.7 Å². The molecule has 0 aromatic carbocycles. The van der Waals surface area contributed by atoms with E-state index in [9.17, 15) is 9.59 Å². The molecule has 0 fully saturated rings. The van der Waals surface area contributed by atoms with Crippen LogP contribution in [0.2, 0.25) is 0 Å². The van der Waals surface area contributed by atoms with E-state index in [0.29, 0.717) is 0 Å². The molecular formula is C4H9KNNaO6. The second-order valence-electron chi connectivity index (χ2n) is 1.66. The fourth-order valence-corrected chi connectivity index (χ4v) is 0.334. The minimum atomic E-state index is -2.22. The molecule has 5 N–H and O–H groups in total. The van der Waals surface area contributed by atoms with E-state index in [1.165, 1.54) is 0 Å². The average molecular weight is 229 g/mol. The number of nitrogens with two attached hydrogens (primary N) is 1. The van der Waals surface area contributed by atoms with Crippen LogP contribution in [0.1, 0.15) is 2.85 Å². The quantitative estimate of drug-likeness (QED) is 0.279. The van der Waals surface area contributed by atoms with Gasteiger partial charge in [-0.2, -0.15) is 5.90 Å². The summed E-state index contributed by atoms with van der Waals surface area (Å²) >= 11 is 0. The average Bonchev–Trinajstić information content (AvgIpc) is 2.00. The summed E-state index contributed by atoms with van der Waals surface area (Å²) in [7, 11) is 0. The first-order valence-corrected chi connectivity index (χ1v) is 2.50. The van der Waals surface area contributed by atoms with E-state index in [1.54, 1.807) is 0 Å². The number of aliphatic hydroxyl groups excluding tert-OH is 2. The number of carbonyl (C=O) groups is 2. The molecule has 0 aromatic heterocycles. The molecular weight excluding hydrogens is 220 g/mol. The standard InChI is InChI=1S/C4H7NO6.K.Na.2H/c5-11-4(10)2(7)1(6)3(8)9;;;;/h1-2,6-7H,5H2,(H,8,9);;;;/q;2*+1;2*-1. The van der Waals surface area contributed by atoms with Gasteiger partial charge in [-0.3, -0.25) is 0 Å². The van der Waals surface area contributed by atoms with Crippen LogP contribution in [-0.2, 0) is 14.4 Å². The van der Waals surface area contributed by atoms with Crippen LogP contribution >= 0.6 is 0 Å². The summed E-state index contributed by atoms with van der Waals surface area (Å²) in [6, 6.07) is 0. The smallest absolute Gasteiger partial charge is 1.00 e. The van der Waals surface area contributed by atoms with Gasteiger partial charge in [-0.15, -0.1) is 0 Å². The van der Waals surface area contributed by atoms with E-state index in [0.717, 1.165) is 0 Å². The Kier molecular flexibility index (Phi) is 15.3. The zero-order valence-electron chi connectivity index (χ0n) is 9.30. The monoisotopic (exact) mass is 229 g/mol. The van der Waals surface area contributed by atoms with Gasteiger partial charge in [0.15, 0.2) is 12.2 Å². The number of aliphatic carboxylic acids is 1. The molecule has 0 aliphatic rings. The van der Waals surface area contributed by atoms with Gasteiger partial charge >= 0.3 is 92.9 Å². The van der Waals surface area contributed by atoms with Gasteiger partial charge in [0.1, 0.15) is 0 Å². The molecule has 0 bridgehead atoms. The molecule has 0 saturated heterocycles. The van der Waals surface area contributed by atoms with Crippen LogP contribution in [0, 0.1) is 0 Å². The Morgan fingerprint density at radius 3 is 1.92 bits per heavy atom. The third kappa shape index (κ3) is 7.39. The van der Waals surface area contributed by atoms with Gasteiger partial charge in [0.2, 0.25) is 0 Å². The van der Waals surface area contributed by atoms with Crippen molar-refractivity contribution in [3.05, 3.63) is 0 Å². The maximum Gasteiger partial charge on any atom is 1.00 e. The van der Waals surface area contributed by atoms with Crippen LogP contribution in [0.15, 0.2) is 0 Å². The summed E-state index contributed by atoms with van der Waals surface area (Å²) in [5, 5.41) is 25.1. The number of hydrogen-bond donors (Lipinski definition) is 4. The van der Waals surface area contributed by atoms with Gasteiger partial charge in [0, 0.05) is 0 Å². The van der Waals surface area contributed by atoms with Crippen LogP contribution < -0.4 is 86.8 Å². The predicted octanol–water partition coefficient (Wildman–Crippen LogP) is -8.56. The van der Waals surface area contributed by atoms with Crippen LogP contribution in [0.3, 0.4) is 0 Å². The summed E-state index contributed by atoms with van der Waals surface area (Å²) in [5.41, 5.74) is 0. The Balaban J connectivity index is -0.0000000833. The van der Waals surface area contributed by atoms with Gasteiger partial charge in [0.05, 0.1) is 0 Å². The van der Waals surface area contributed by atoms with Crippen molar-refractivity contribution in [2.75, 3.05) is 0 Å². The predicted molar refractivity (Wildman–Crippen MR) is 32.2 cm³/mol. The first-order valence-electron chi connectivity index (χ1n) is 2.50. The van der Waals surface area contributed by atoms with Gasteiger partial charge < -0.3 is 23.0 Å². The molecule has 0 amide bonds. The van der Waals surface area contributed by atoms with Crippen molar-refractivity contribution in [3.63, 3.8) is 0 Å². The second-order valence-corrected chi connectivity index (χ2v) is 1.66. The van der Waals surface area contributed by atoms with Crippen LogP contribution in [0.4, 0.5) is 0 Å². The first-order chi connectivity index (χ1) is 5.00. The summed E-state index contributed by atoms with van der Waals surface area (Å²) in [4.78, 5) is 23.6. The molecule has 0 aliphatic heterocycles. The topological polar surface area (TPSA) is 130 Å². The number of carbonyl (C=O) groups excluding carboxylic acids is 1. The van der Waals surface area contributed by atoms with E-state index in [1.807, 2.05) is 0 Å². The Hall–Kier alpha value is 1.46. The Morgan fingerprint density at radius 2 is 1.69 bits per heavy atom. The minimum Gasteiger partial charge on any atom is -1.00 e. The Morgan fingerprint density at radius 1 is 1.31 bits per heavy atom. The van der Waals surface area contributed by atoms with Crippen molar-refractivity contribution in [1.82, 2.24) is 0 Å². The Bertz CT molecular complexity index is 187. The molecule has 0 aromatic rings. The molecule has 0 radical (unpaired) electrons. The molecule has 2 unspecified atom stereocenters. The van der Waals surface area contributed by atoms with Gasteiger partial charge in [0.25, 0.3) is 0 Å². The van der Waals surface area contributed by atoms with Crippen molar-refractivity contribution >= 4 is 11.9 Å². The van der Waals surface area contributed by atoms with E-state index >= 15 is 0 Å². The SMILES string of the molecule is NOC(=O)C(O)C(O)C(=O)O.[H-].[H-].[K+].[Na+]. The zero-order chi connectivity index (χ0) is 9.02. The number of rotatable bonds is 3. The number of carboxylic acids is 1. The minimum absolute atomic E-state index is 0. The molecule has 68 valence electrons. The van der Waals surface area contributed by atoms with Crippen molar-refractivity contribution in [2.24, 2.45) is 5.90 Å². The summed E-state index contributed by atoms with van der Waals surface area (Å²) < 4.78 is 0. The van der Waals surface area contributed by atoms with Crippen molar-refractivity contribution in [2.45, 2.75) is 12.2 Å². The number of carboxylic acid groups (broad SMARTS) is 1. The molecule has 0 saturated carbocycles. The number of aliphatic hydroxyl groups is 2. The third-order valence-corrected chi connectivity index (χ3v) is 0.910. The van der Waals surface area contributed by atoms with Crippen molar-refractivity contribution in [3.8, 4) is 0 Å². The van der Waals surface area contributed by atoms with Crippen LogP contribution in [0.5, 0.6) is 0 Å². The van der Waals surface area contributed by atoms with E-state index in [4.69, 9.17) is 15.3 Å². The number of hydrogen-bond acceptors (Lipinski definition) is 6. The summed E-state index contributed by atoms with van der Waals surface area (Å²) in [6.07, 6.45) is -4.37. The molecule has 2 atom stereocenters. The molecule has 13 heavy (non-hydrogen) atoms. The third-order valence-electron chi connectivity index (χ3n) is 0.910. The fourth-order valence-electron chi connectivity index (χ4n) is 0.334. The van der Waals surface area contributed by atoms with Crippen molar-refractivity contribution in [1.29, 1.82) is 0 Å². The second kappa shape index (κ2) is 9.99. The maximum atomic E-state index is 10.2. The molecule has 0 aliphatic carbocycles. The maximum absolute atomic E-state index is 10.2. The molecule has 0 spiro atoms. The largest absolute Gasteiger partial charge is 1.00 e. The molecule has 0 rings (SSSR count). The van der Waals surface area contributed by atoms with E-state index in [-0.39, 0.29) is 83.8 Å². The van der Waals surface area contributed by atoms with E-state index < -0.39 is 24.1 Å². The molecule has 9 heteroatoms. The van der Waals surface area contributed by atoms with Crippen molar-refractivity contribution < 1.29 is 114 Å². The van der Waals surface area contributed by atoms with Gasteiger partial charge in [-0.1, -0.05) is 0 Å². The normalized spacial score (nSPS) is 12.8.